The van der Waals surface area contributed by atoms with E-state index < -0.39 is 11.8 Å². The number of benzene rings is 1. The summed E-state index contributed by atoms with van der Waals surface area (Å²) in [4.78, 5) is 11.6. The third-order valence-electron chi connectivity index (χ3n) is 5.24. The van der Waals surface area contributed by atoms with Gasteiger partial charge in [-0.05, 0) is 34.3 Å². The predicted molar refractivity (Wildman–Crippen MR) is 114 cm³/mol. The molecule has 4 heteroatoms. The molecule has 3 nitrogen and oxygen atoms in total. The molecular formula is C23H33BrO3. The van der Waals surface area contributed by atoms with Crippen molar-refractivity contribution in [1.29, 1.82) is 0 Å². The Hall–Kier alpha value is -1.13. The summed E-state index contributed by atoms with van der Waals surface area (Å²) in [5, 5.41) is 0. The van der Waals surface area contributed by atoms with Crippen LogP contribution in [0.3, 0.4) is 0 Å². The van der Waals surface area contributed by atoms with E-state index >= 15 is 0 Å². The van der Waals surface area contributed by atoms with E-state index in [0.717, 1.165) is 12.0 Å². The van der Waals surface area contributed by atoms with Crippen LogP contribution in [0.5, 0.6) is 0 Å². The number of carbonyl (C=O) groups is 1. The highest BCUT2D eigenvalue weighted by Gasteiger charge is 2.44. The fourth-order valence-corrected chi connectivity index (χ4v) is 4.24. The zero-order chi connectivity index (χ0) is 19.5. The van der Waals surface area contributed by atoms with Crippen molar-refractivity contribution in [1.82, 2.24) is 0 Å². The molecule has 0 aliphatic carbocycles. The number of esters is 1. The summed E-state index contributed by atoms with van der Waals surface area (Å²) < 4.78 is 11.5. The highest BCUT2D eigenvalue weighted by atomic mass is 79.9. The average molecular weight is 437 g/mol. The minimum absolute atomic E-state index is 0.391. The first-order chi connectivity index (χ1) is 13.1. The third-order valence-corrected chi connectivity index (χ3v) is 5.99. The number of ether oxygens (including phenoxy) is 2. The summed E-state index contributed by atoms with van der Waals surface area (Å²) in [7, 11) is 1.55. The Kier molecular flexibility index (Phi) is 9.57. The second-order valence-corrected chi connectivity index (χ2v) is 8.22. The summed E-state index contributed by atoms with van der Waals surface area (Å²) in [6, 6.07) is 8.19. The average Bonchev–Trinajstić information content (AvgIpc) is 2.98. The number of methoxy groups -OCH3 is 1. The van der Waals surface area contributed by atoms with Gasteiger partial charge in [0.05, 0.1) is 4.48 Å². The molecule has 0 saturated heterocycles. The van der Waals surface area contributed by atoms with Crippen LogP contribution >= 0.6 is 15.9 Å². The van der Waals surface area contributed by atoms with Crippen LogP contribution in [0, 0.1) is 0 Å². The number of carbonyl (C=O) groups excluding carboxylic acids is 1. The lowest BCUT2D eigenvalue weighted by Crippen LogP contribution is -2.29. The third kappa shape index (κ3) is 6.46. The van der Waals surface area contributed by atoms with Gasteiger partial charge in [0.25, 0.3) is 5.79 Å². The van der Waals surface area contributed by atoms with Crippen molar-refractivity contribution < 1.29 is 14.3 Å². The van der Waals surface area contributed by atoms with Gasteiger partial charge >= 0.3 is 5.97 Å². The molecule has 1 aromatic rings. The van der Waals surface area contributed by atoms with E-state index in [0.29, 0.717) is 4.48 Å². The van der Waals surface area contributed by atoms with Crippen LogP contribution < -0.4 is 0 Å². The van der Waals surface area contributed by atoms with Gasteiger partial charge in [0.1, 0.15) is 0 Å². The molecule has 0 saturated carbocycles. The van der Waals surface area contributed by atoms with Gasteiger partial charge in [-0.25, -0.2) is 4.79 Å². The summed E-state index contributed by atoms with van der Waals surface area (Å²) in [6.45, 7) is 2.27. The maximum absolute atomic E-state index is 11.6. The summed E-state index contributed by atoms with van der Waals surface area (Å²) in [6.07, 6.45) is 16.1. The first-order valence-electron chi connectivity index (χ1n) is 10.4. The van der Waals surface area contributed by atoms with Gasteiger partial charge in [-0.3, -0.25) is 0 Å². The molecule has 27 heavy (non-hydrogen) atoms. The summed E-state index contributed by atoms with van der Waals surface area (Å²) >= 11 is 3.40. The fraction of sp³-hybridized carbons (Fsp3) is 0.609. The standard InChI is InChI=1S/C23H33BrO3/c1-3-4-5-6-7-8-9-10-11-12-13-19-14-16-20(17-15-19)23(26-2)21(24)18-22(25)27-23/h14-18H,3-13H2,1-2H3. The number of rotatable bonds is 13. The van der Waals surface area contributed by atoms with Crippen LogP contribution in [-0.4, -0.2) is 13.1 Å². The molecular weight excluding hydrogens is 404 g/mol. The Morgan fingerprint density at radius 2 is 1.48 bits per heavy atom. The van der Waals surface area contributed by atoms with E-state index in [-0.39, 0.29) is 0 Å². The van der Waals surface area contributed by atoms with E-state index in [4.69, 9.17) is 9.47 Å². The second kappa shape index (κ2) is 11.7. The van der Waals surface area contributed by atoms with Crippen LogP contribution in [-0.2, 0) is 26.5 Å². The smallest absolute Gasteiger partial charge is 0.334 e. The largest absolute Gasteiger partial charge is 0.420 e. The van der Waals surface area contributed by atoms with Gasteiger partial charge in [0, 0.05) is 18.7 Å². The van der Waals surface area contributed by atoms with E-state index in [1.54, 1.807) is 7.11 Å². The van der Waals surface area contributed by atoms with E-state index in [9.17, 15) is 4.79 Å². The van der Waals surface area contributed by atoms with Crippen molar-refractivity contribution in [2.24, 2.45) is 0 Å². The molecule has 1 aromatic carbocycles. The van der Waals surface area contributed by atoms with Gasteiger partial charge in [-0.1, -0.05) is 89.0 Å². The highest BCUT2D eigenvalue weighted by Crippen LogP contribution is 2.42. The van der Waals surface area contributed by atoms with Crippen LogP contribution in [0.2, 0.25) is 0 Å². The molecule has 0 spiro atoms. The van der Waals surface area contributed by atoms with Crippen molar-refractivity contribution in [3.8, 4) is 0 Å². The zero-order valence-corrected chi connectivity index (χ0v) is 18.4. The number of halogens is 1. The second-order valence-electron chi connectivity index (χ2n) is 7.36. The Balaban J connectivity index is 1.68. The molecule has 1 heterocycles. The van der Waals surface area contributed by atoms with Crippen LogP contribution in [0.4, 0.5) is 0 Å². The topological polar surface area (TPSA) is 35.5 Å². The molecule has 0 radical (unpaired) electrons. The van der Waals surface area contributed by atoms with Gasteiger partial charge in [0.2, 0.25) is 0 Å². The van der Waals surface area contributed by atoms with Gasteiger partial charge in [0.15, 0.2) is 0 Å². The summed E-state index contributed by atoms with van der Waals surface area (Å²) in [5.74, 6) is -1.52. The van der Waals surface area contributed by atoms with Crippen molar-refractivity contribution in [3.05, 3.63) is 46.0 Å². The zero-order valence-electron chi connectivity index (χ0n) is 16.8. The van der Waals surface area contributed by atoms with Crippen molar-refractivity contribution in [3.63, 3.8) is 0 Å². The Labute approximate surface area is 172 Å². The summed E-state index contributed by atoms with van der Waals surface area (Å²) in [5.41, 5.74) is 2.14. The number of hydrogen-bond donors (Lipinski definition) is 0. The van der Waals surface area contributed by atoms with Crippen molar-refractivity contribution in [2.75, 3.05) is 7.11 Å². The first kappa shape index (κ1) is 22.2. The number of unbranched alkanes of at least 4 members (excludes halogenated alkanes) is 9. The van der Waals surface area contributed by atoms with Crippen LogP contribution in [0.15, 0.2) is 34.8 Å². The lowest BCUT2D eigenvalue weighted by molar-refractivity contribution is -0.194. The minimum atomic E-state index is -1.13. The molecule has 0 aromatic heterocycles. The Morgan fingerprint density at radius 3 is 1.96 bits per heavy atom. The molecule has 2 rings (SSSR count). The Bertz CT molecular complexity index is 609. The number of cyclic esters (lactones) is 1. The number of hydrogen-bond acceptors (Lipinski definition) is 3. The maximum Gasteiger partial charge on any atom is 0.334 e. The monoisotopic (exact) mass is 436 g/mol. The van der Waals surface area contributed by atoms with Crippen LogP contribution in [0.25, 0.3) is 0 Å². The van der Waals surface area contributed by atoms with Gasteiger partial charge < -0.3 is 9.47 Å². The fourth-order valence-electron chi connectivity index (χ4n) is 3.58. The van der Waals surface area contributed by atoms with Gasteiger partial charge in [-0.2, -0.15) is 0 Å². The molecule has 0 N–H and O–H groups in total. The first-order valence-corrected chi connectivity index (χ1v) is 11.2. The molecule has 1 unspecified atom stereocenters. The van der Waals surface area contributed by atoms with Gasteiger partial charge in [-0.15, -0.1) is 0 Å². The quantitative estimate of drug-likeness (QED) is 0.252. The Morgan fingerprint density at radius 1 is 0.926 bits per heavy atom. The molecule has 0 bridgehead atoms. The van der Waals surface area contributed by atoms with E-state index in [2.05, 4.69) is 35.0 Å². The van der Waals surface area contributed by atoms with Crippen molar-refractivity contribution in [2.45, 2.75) is 83.3 Å². The minimum Gasteiger partial charge on any atom is -0.420 e. The van der Waals surface area contributed by atoms with E-state index in [1.165, 1.54) is 75.8 Å². The SMILES string of the molecule is CCCCCCCCCCCCc1ccc(C2(OC)OC(=O)C=C2Br)cc1. The molecule has 1 aliphatic rings. The number of aryl methyl sites for hydroxylation is 1. The van der Waals surface area contributed by atoms with Crippen LogP contribution in [0.1, 0.15) is 82.3 Å². The lowest BCUT2D eigenvalue weighted by Gasteiger charge is -2.27. The normalized spacial score (nSPS) is 19.2. The molecule has 0 fully saturated rings. The molecule has 1 atom stereocenters. The molecule has 0 amide bonds. The van der Waals surface area contributed by atoms with E-state index in [1.807, 2.05) is 12.1 Å². The van der Waals surface area contributed by atoms with Crippen molar-refractivity contribution >= 4 is 21.9 Å². The maximum atomic E-state index is 11.6. The lowest BCUT2D eigenvalue weighted by atomic mass is 10.00. The highest BCUT2D eigenvalue weighted by molar-refractivity contribution is 9.11. The molecule has 1 aliphatic heterocycles. The predicted octanol–water partition coefficient (Wildman–Crippen LogP) is 6.78. The molecule has 150 valence electrons.